The summed E-state index contributed by atoms with van der Waals surface area (Å²) < 4.78 is 5.63. The molecule has 2 aromatic rings. The SMILES string of the molecule is N#Cc1c(NC(=O)CN2C(=O)NC3(CCOc4ccccc43)C2=O)sc2c1CCCCC2. The van der Waals surface area contributed by atoms with Crippen LogP contribution in [0.15, 0.2) is 24.3 Å². The van der Waals surface area contributed by atoms with Crippen LogP contribution < -0.4 is 15.4 Å². The van der Waals surface area contributed by atoms with Gasteiger partial charge in [0.25, 0.3) is 5.91 Å². The Kier molecular flexibility index (Phi) is 5.10. The number of nitriles is 1. The predicted molar refractivity (Wildman–Crippen MR) is 117 cm³/mol. The summed E-state index contributed by atoms with van der Waals surface area (Å²) in [6, 6.07) is 8.73. The highest BCUT2D eigenvalue weighted by Gasteiger charge is 2.55. The second-order valence-corrected chi connectivity index (χ2v) is 9.36. The molecule has 0 saturated carbocycles. The highest BCUT2D eigenvalue weighted by Crippen LogP contribution is 2.41. The number of thiophene rings is 1. The lowest BCUT2D eigenvalue weighted by molar-refractivity contribution is -0.135. The van der Waals surface area contributed by atoms with Crippen molar-refractivity contribution < 1.29 is 19.1 Å². The number of carbonyl (C=O) groups excluding carboxylic acids is 3. The van der Waals surface area contributed by atoms with Crippen LogP contribution in [-0.2, 0) is 28.0 Å². The van der Waals surface area contributed by atoms with E-state index < -0.39 is 29.9 Å². The van der Waals surface area contributed by atoms with Crippen LogP contribution in [-0.4, -0.2) is 35.9 Å². The van der Waals surface area contributed by atoms with E-state index in [2.05, 4.69) is 16.7 Å². The van der Waals surface area contributed by atoms with Crippen LogP contribution in [0.2, 0.25) is 0 Å². The quantitative estimate of drug-likeness (QED) is 0.551. The van der Waals surface area contributed by atoms with Gasteiger partial charge in [-0.15, -0.1) is 11.3 Å². The number of urea groups is 1. The van der Waals surface area contributed by atoms with E-state index >= 15 is 0 Å². The monoisotopic (exact) mass is 450 g/mol. The summed E-state index contributed by atoms with van der Waals surface area (Å²) in [6.07, 6.45) is 5.27. The second-order valence-electron chi connectivity index (χ2n) is 8.25. The first-order chi connectivity index (χ1) is 15.5. The normalized spacial score (nSPS) is 21.8. The van der Waals surface area contributed by atoms with Crippen molar-refractivity contribution in [2.75, 3.05) is 18.5 Å². The Balaban J connectivity index is 1.36. The van der Waals surface area contributed by atoms with Gasteiger partial charge in [0.1, 0.15) is 23.4 Å². The molecule has 1 aliphatic carbocycles. The lowest BCUT2D eigenvalue weighted by atomic mass is 9.84. The molecule has 0 radical (unpaired) electrons. The minimum absolute atomic E-state index is 0.287. The third-order valence-corrected chi connectivity index (χ3v) is 7.55. The summed E-state index contributed by atoms with van der Waals surface area (Å²) in [5.74, 6) is -0.410. The van der Waals surface area contributed by atoms with E-state index in [4.69, 9.17) is 4.74 Å². The molecule has 1 saturated heterocycles. The van der Waals surface area contributed by atoms with Crippen molar-refractivity contribution in [2.45, 2.75) is 44.1 Å². The maximum Gasteiger partial charge on any atom is 0.325 e. The van der Waals surface area contributed by atoms with Gasteiger partial charge in [-0.3, -0.25) is 14.5 Å². The average Bonchev–Trinajstić information content (AvgIpc) is 3.10. The standard InChI is InChI=1S/C23H22N4O4S/c24-12-15-14-6-2-1-3-9-18(14)32-20(15)25-19(28)13-27-21(29)23(26-22(27)30)10-11-31-17-8-5-4-7-16(17)23/h4-5,7-8H,1-3,6,9-11,13H2,(H,25,28)(H,26,30). The molecular formula is C23H22N4O4S. The van der Waals surface area contributed by atoms with Gasteiger partial charge in [0.2, 0.25) is 5.91 Å². The highest BCUT2D eigenvalue weighted by atomic mass is 32.1. The van der Waals surface area contributed by atoms with Crippen molar-refractivity contribution in [2.24, 2.45) is 0 Å². The van der Waals surface area contributed by atoms with Gasteiger partial charge in [-0.25, -0.2) is 4.79 Å². The average molecular weight is 451 g/mol. The molecule has 1 fully saturated rings. The molecule has 1 spiro atoms. The molecule has 1 aromatic carbocycles. The third-order valence-electron chi connectivity index (χ3n) is 6.34. The Morgan fingerprint density at radius 3 is 2.91 bits per heavy atom. The molecule has 32 heavy (non-hydrogen) atoms. The zero-order chi connectivity index (χ0) is 22.3. The number of hydrogen-bond donors (Lipinski definition) is 2. The van der Waals surface area contributed by atoms with Crippen molar-refractivity contribution in [3.05, 3.63) is 45.8 Å². The smallest absolute Gasteiger partial charge is 0.325 e. The molecule has 1 atom stereocenters. The number of rotatable bonds is 3. The summed E-state index contributed by atoms with van der Waals surface area (Å²) >= 11 is 1.42. The predicted octanol–water partition coefficient (Wildman–Crippen LogP) is 3.06. The van der Waals surface area contributed by atoms with Crippen LogP contribution in [0.25, 0.3) is 0 Å². The van der Waals surface area contributed by atoms with E-state index in [-0.39, 0.29) is 6.61 Å². The molecule has 8 nitrogen and oxygen atoms in total. The number of hydrogen-bond acceptors (Lipinski definition) is 6. The molecule has 3 heterocycles. The van der Waals surface area contributed by atoms with Gasteiger partial charge in [0.15, 0.2) is 5.54 Å². The van der Waals surface area contributed by atoms with Gasteiger partial charge in [-0.1, -0.05) is 24.6 Å². The molecule has 4 amide bonds. The zero-order valence-corrected chi connectivity index (χ0v) is 18.2. The van der Waals surface area contributed by atoms with Crippen molar-refractivity contribution in [1.29, 1.82) is 5.26 Å². The van der Waals surface area contributed by atoms with Crippen LogP contribution in [0.4, 0.5) is 9.80 Å². The molecule has 9 heteroatoms. The summed E-state index contributed by atoms with van der Waals surface area (Å²) in [4.78, 5) is 40.9. The number of nitrogens with zero attached hydrogens (tertiary/aromatic N) is 2. The first-order valence-electron chi connectivity index (χ1n) is 10.7. The first kappa shape index (κ1) is 20.5. The van der Waals surface area contributed by atoms with Crippen molar-refractivity contribution in [3.8, 4) is 11.8 Å². The van der Waals surface area contributed by atoms with E-state index in [9.17, 15) is 19.6 Å². The highest BCUT2D eigenvalue weighted by molar-refractivity contribution is 7.16. The van der Waals surface area contributed by atoms with Crippen LogP contribution in [0, 0.1) is 11.3 Å². The number of carbonyl (C=O) groups is 3. The minimum Gasteiger partial charge on any atom is -0.493 e. The summed E-state index contributed by atoms with van der Waals surface area (Å²) in [7, 11) is 0. The first-order valence-corrected chi connectivity index (χ1v) is 11.6. The van der Waals surface area contributed by atoms with Crippen molar-refractivity contribution in [1.82, 2.24) is 10.2 Å². The number of ether oxygens (including phenoxy) is 1. The van der Waals surface area contributed by atoms with Gasteiger partial charge in [-0.05, 0) is 37.3 Å². The van der Waals surface area contributed by atoms with E-state index in [1.165, 1.54) is 11.3 Å². The Bertz CT molecular complexity index is 1170. The molecule has 5 rings (SSSR count). The van der Waals surface area contributed by atoms with Gasteiger partial charge < -0.3 is 15.4 Å². The molecular weight excluding hydrogens is 428 g/mol. The lowest BCUT2D eigenvalue weighted by Gasteiger charge is -2.33. The van der Waals surface area contributed by atoms with E-state index in [1.54, 1.807) is 24.3 Å². The topological polar surface area (TPSA) is 112 Å². The number of benzene rings is 1. The second kappa shape index (κ2) is 7.95. The van der Waals surface area contributed by atoms with Gasteiger partial charge in [0.05, 0.1) is 12.2 Å². The molecule has 0 bridgehead atoms. The Hall–Kier alpha value is -3.38. The fraction of sp³-hybridized carbons (Fsp3) is 0.391. The number of fused-ring (bicyclic) bond motifs is 3. The largest absolute Gasteiger partial charge is 0.493 e. The number of imide groups is 1. The minimum atomic E-state index is -1.22. The number of para-hydroxylation sites is 1. The summed E-state index contributed by atoms with van der Waals surface area (Å²) in [6.45, 7) is -0.127. The Labute approximate surface area is 189 Å². The summed E-state index contributed by atoms with van der Waals surface area (Å²) in [5, 5.41) is 15.7. The molecule has 164 valence electrons. The third kappa shape index (κ3) is 3.22. The maximum atomic E-state index is 13.3. The molecule has 3 aliphatic rings. The number of aryl methyl sites for hydroxylation is 1. The van der Waals surface area contributed by atoms with Crippen LogP contribution in [0.3, 0.4) is 0 Å². The van der Waals surface area contributed by atoms with E-state index in [0.29, 0.717) is 28.3 Å². The van der Waals surface area contributed by atoms with Gasteiger partial charge >= 0.3 is 6.03 Å². The maximum absolute atomic E-state index is 13.3. The van der Waals surface area contributed by atoms with Crippen molar-refractivity contribution in [3.63, 3.8) is 0 Å². The Morgan fingerprint density at radius 1 is 1.25 bits per heavy atom. The molecule has 2 N–H and O–H groups in total. The number of nitrogens with one attached hydrogen (secondary N) is 2. The Morgan fingerprint density at radius 2 is 2.06 bits per heavy atom. The fourth-order valence-corrected chi connectivity index (χ4v) is 6.03. The van der Waals surface area contributed by atoms with Gasteiger partial charge in [0, 0.05) is 16.9 Å². The van der Waals surface area contributed by atoms with E-state index in [0.717, 1.165) is 47.4 Å². The van der Waals surface area contributed by atoms with Crippen molar-refractivity contribution >= 4 is 34.2 Å². The van der Waals surface area contributed by atoms with E-state index in [1.807, 2.05) is 0 Å². The summed E-state index contributed by atoms with van der Waals surface area (Å²) in [5.41, 5.74) is 0.913. The molecule has 1 unspecified atom stereocenters. The van der Waals surface area contributed by atoms with Crippen LogP contribution in [0.5, 0.6) is 5.75 Å². The zero-order valence-electron chi connectivity index (χ0n) is 17.4. The fourth-order valence-electron chi connectivity index (χ4n) is 4.77. The van der Waals surface area contributed by atoms with Crippen LogP contribution in [0.1, 0.15) is 47.3 Å². The van der Waals surface area contributed by atoms with Gasteiger partial charge in [-0.2, -0.15) is 5.26 Å². The number of amides is 4. The lowest BCUT2D eigenvalue weighted by Crippen LogP contribution is -2.48. The molecule has 1 aromatic heterocycles. The number of anilines is 1. The van der Waals surface area contributed by atoms with Crippen LogP contribution >= 0.6 is 11.3 Å². The molecule has 2 aliphatic heterocycles.